The van der Waals surface area contributed by atoms with E-state index in [9.17, 15) is 0 Å². The summed E-state index contributed by atoms with van der Waals surface area (Å²) in [4.78, 5) is 8.05. The third kappa shape index (κ3) is 8.09. The third-order valence-electron chi connectivity index (χ3n) is 3.55. The zero-order valence-electron chi connectivity index (χ0n) is 15.5. The van der Waals surface area contributed by atoms with Crippen molar-refractivity contribution in [3.8, 4) is 0 Å². The number of nitrogens with zero attached hydrogens (tertiary/aromatic N) is 1. The van der Waals surface area contributed by atoms with E-state index in [1.807, 2.05) is 6.07 Å². The van der Waals surface area contributed by atoms with Gasteiger partial charge in [-0.05, 0) is 36.8 Å². The van der Waals surface area contributed by atoms with Crippen molar-refractivity contribution in [1.82, 2.24) is 15.6 Å². The van der Waals surface area contributed by atoms with Gasteiger partial charge >= 0.3 is 0 Å². The first kappa shape index (κ1) is 21.8. The van der Waals surface area contributed by atoms with Crippen molar-refractivity contribution in [2.45, 2.75) is 33.7 Å². The zero-order chi connectivity index (χ0) is 17.2. The molecule has 6 heteroatoms. The maximum absolute atomic E-state index is 5.59. The smallest absolute Gasteiger partial charge is 0.191 e. The van der Waals surface area contributed by atoms with E-state index in [1.165, 1.54) is 5.39 Å². The number of rotatable bonds is 9. The van der Waals surface area contributed by atoms with Crippen LogP contribution in [-0.2, 0) is 11.3 Å². The Morgan fingerprint density at radius 1 is 1.24 bits per heavy atom. The van der Waals surface area contributed by atoms with E-state index >= 15 is 0 Å². The van der Waals surface area contributed by atoms with E-state index < -0.39 is 0 Å². The number of para-hydroxylation sites is 1. The number of hydrogen-bond donors (Lipinski definition) is 3. The molecule has 0 aliphatic rings. The summed E-state index contributed by atoms with van der Waals surface area (Å²) in [6.45, 7) is 10.4. The van der Waals surface area contributed by atoms with E-state index in [1.54, 1.807) is 0 Å². The molecule has 3 N–H and O–H groups in total. The lowest BCUT2D eigenvalue weighted by atomic mass is 10.2. The van der Waals surface area contributed by atoms with Crippen molar-refractivity contribution in [3.05, 3.63) is 36.0 Å². The lowest BCUT2D eigenvalue weighted by Crippen LogP contribution is -2.38. The number of halogens is 1. The molecule has 2 aromatic rings. The van der Waals surface area contributed by atoms with Crippen molar-refractivity contribution < 1.29 is 4.74 Å². The molecule has 1 heterocycles. The van der Waals surface area contributed by atoms with Crippen LogP contribution in [0.15, 0.2) is 35.3 Å². The average Bonchev–Trinajstić information content (AvgIpc) is 2.98. The molecular weight excluding hydrogens is 427 g/mol. The highest BCUT2D eigenvalue weighted by Crippen LogP contribution is 2.14. The van der Waals surface area contributed by atoms with E-state index in [-0.39, 0.29) is 24.0 Å². The Labute approximate surface area is 168 Å². The normalized spacial score (nSPS) is 11.6. The number of aliphatic imine (C=N–C) groups is 1. The van der Waals surface area contributed by atoms with Gasteiger partial charge in [0.1, 0.15) is 0 Å². The number of nitrogens with one attached hydrogen (secondary N) is 3. The van der Waals surface area contributed by atoms with Gasteiger partial charge in [0.25, 0.3) is 0 Å². The number of fused-ring (bicyclic) bond motifs is 1. The number of aromatic nitrogens is 1. The van der Waals surface area contributed by atoms with Crippen LogP contribution in [0.1, 0.15) is 32.9 Å². The molecule has 5 nitrogen and oxygen atoms in total. The average molecular weight is 458 g/mol. The van der Waals surface area contributed by atoms with Gasteiger partial charge in [-0.3, -0.25) is 0 Å². The summed E-state index contributed by atoms with van der Waals surface area (Å²) in [5.41, 5.74) is 2.27. The fourth-order valence-corrected chi connectivity index (χ4v) is 2.42. The lowest BCUT2D eigenvalue weighted by molar-refractivity contribution is 0.108. The van der Waals surface area contributed by atoms with Gasteiger partial charge in [-0.25, -0.2) is 4.99 Å². The minimum absolute atomic E-state index is 0. The Morgan fingerprint density at radius 3 is 2.76 bits per heavy atom. The summed E-state index contributed by atoms with van der Waals surface area (Å²) in [6, 6.07) is 10.4. The van der Waals surface area contributed by atoms with Gasteiger partial charge in [-0.2, -0.15) is 0 Å². The second kappa shape index (κ2) is 12.1. The number of ether oxygens (including phenoxy) is 1. The molecule has 0 saturated carbocycles. The van der Waals surface area contributed by atoms with Crippen LogP contribution in [0.25, 0.3) is 10.9 Å². The van der Waals surface area contributed by atoms with Crippen molar-refractivity contribution >= 4 is 40.8 Å². The van der Waals surface area contributed by atoms with Crippen molar-refractivity contribution in [2.75, 3.05) is 26.3 Å². The molecule has 0 aliphatic carbocycles. The molecule has 25 heavy (non-hydrogen) atoms. The minimum Gasteiger partial charge on any atom is -0.381 e. The Kier molecular flexibility index (Phi) is 10.6. The first-order valence-electron chi connectivity index (χ1n) is 8.85. The largest absolute Gasteiger partial charge is 0.381 e. The topological polar surface area (TPSA) is 61.4 Å². The van der Waals surface area contributed by atoms with Crippen LogP contribution in [-0.4, -0.2) is 37.2 Å². The fraction of sp³-hybridized carbons (Fsp3) is 0.526. The van der Waals surface area contributed by atoms with Crippen molar-refractivity contribution in [1.29, 1.82) is 0 Å². The lowest BCUT2D eigenvalue weighted by Gasteiger charge is -2.11. The Balaban J connectivity index is 0.00000312. The van der Waals surface area contributed by atoms with Gasteiger partial charge in [0.05, 0.1) is 6.54 Å². The predicted octanol–water partition coefficient (Wildman–Crippen LogP) is 3.90. The van der Waals surface area contributed by atoms with Crippen molar-refractivity contribution in [2.24, 2.45) is 10.9 Å². The molecule has 0 saturated heterocycles. The van der Waals surface area contributed by atoms with Gasteiger partial charge in [0.15, 0.2) is 5.96 Å². The molecule has 0 radical (unpaired) electrons. The molecule has 0 aliphatic heterocycles. The standard InChI is InChI=1S/C19H30N4O.HI/c1-4-20-19(21-10-7-11-24-14-15(2)3)22-13-17-12-16-8-5-6-9-18(16)23-17;/h5-6,8-9,12,15,23H,4,7,10-11,13-14H2,1-3H3,(H2,20,21,22);1H. The second-order valence-electron chi connectivity index (χ2n) is 6.33. The maximum atomic E-state index is 5.59. The van der Waals surface area contributed by atoms with Crippen LogP contribution in [0.4, 0.5) is 0 Å². The maximum Gasteiger partial charge on any atom is 0.191 e. The highest BCUT2D eigenvalue weighted by atomic mass is 127. The molecule has 140 valence electrons. The third-order valence-corrected chi connectivity index (χ3v) is 3.55. The molecule has 0 fully saturated rings. The summed E-state index contributed by atoms with van der Waals surface area (Å²) < 4.78 is 5.59. The van der Waals surface area contributed by atoms with Gasteiger partial charge in [-0.15, -0.1) is 24.0 Å². The van der Waals surface area contributed by atoms with Gasteiger partial charge in [0, 0.05) is 37.5 Å². The van der Waals surface area contributed by atoms with E-state index in [2.05, 4.69) is 65.6 Å². The Morgan fingerprint density at radius 2 is 2.04 bits per heavy atom. The minimum atomic E-state index is 0. The highest BCUT2D eigenvalue weighted by Gasteiger charge is 2.01. The Bertz CT molecular complexity index is 606. The van der Waals surface area contributed by atoms with Crippen LogP contribution in [0.3, 0.4) is 0 Å². The fourth-order valence-electron chi connectivity index (χ4n) is 2.42. The van der Waals surface area contributed by atoms with Crippen LogP contribution in [0, 0.1) is 5.92 Å². The van der Waals surface area contributed by atoms with Crippen LogP contribution < -0.4 is 10.6 Å². The molecule has 1 aromatic heterocycles. The Hall–Kier alpha value is -1.28. The summed E-state index contributed by atoms with van der Waals surface area (Å²) in [5, 5.41) is 7.86. The number of guanidine groups is 1. The number of aromatic amines is 1. The molecule has 0 atom stereocenters. The highest BCUT2D eigenvalue weighted by molar-refractivity contribution is 14.0. The van der Waals surface area contributed by atoms with Gasteiger partial charge in [0.2, 0.25) is 0 Å². The van der Waals surface area contributed by atoms with Gasteiger partial charge < -0.3 is 20.4 Å². The predicted molar refractivity (Wildman–Crippen MR) is 117 cm³/mol. The molecular formula is C19H31IN4O. The monoisotopic (exact) mass is 458 g/mol. The molecule has 0 spiro atoms. The van der Waals surface area contributed by atoms with Gasteiger partial charge in [-0.1, -0.05) is 32.0 Å². The van der Waals surface area contributed by atoms with E-state index in [4.69, 9.17) is 4.74 Å². The first-order valence-corrected chi connectivity index (χ1v) is 8.85. The van der Waals surface area contributed by atoms with Crippen molar-refractivity contribution in [3.63, 3.8) is 0 Å². The first-order chi connectivity index (χ1) is 11.7. The number of benzene rings is 1. The summed E-state index contributed by atoms with van der Waals surface area (Å²) in [6.07, 6.45) is 0.976. The quantitative estimate of drug-likeness (QED) is 0.231. The van der Waals surface area contributed by atoms with E-state index in [0.29, 0.717) is 12.5 Å². The molecule has 0 unspecified atom stereocenters. The number of hydrogen-bond acceptors (Lipinski definition) is 2. The molecule has 0 bridgehead atoms. The summed E-state index contributed by atoms with van der Waals surface area (Å²) >= 11 is 0. The zero-order valence-corrected chi connectivity index (χ0v) is 17.8. The molecule has 1 aromatic carbocycles. The van der Waals surface area contributed by atoms with E-state index in [0.717, 1.165) is 49.9 Å². The molecule has 2 rings (SSSR count). The van der Waals surface area contributed by atoms with Crippen LogP contribution in [0.2, 0.25) is 0 Å². The van der Waals surface area contributed by atoms with Crippen LogP contribution in [0.5, 0.6) is 0 Å². The number of H-pyrrole nitrogens is 1. The summed E-state index contributed by atoms with van der Waals surface area (Å²) in [5.74, 6) is 1.44. The summed E-state index contributed by atoms with van der Waals surface area (Å²) in [7, 11) is 0. The molecule has 0 amide bonds. The SMILES string of the molecule is CCNC(=NCc1cc2ccccc2[nH]1)NCCCOCC(C)C.I. The van der Waals surface area contributed by atoms with Crippen LogP contribution >= 0.6 is 24.0 Å². The second-order valence-corrected chi connectivity index (χ2v) is 6.33.